The quantitative estimate of drug-likeness (QED) is 0.603. The molecule has 2 aliphatic rings. The van der Waals surface area contributed by atoms with E-state index in [0.717, 1.165) is 54.7 Å². The number of benzene rings is 2. The van der Waals surface area contributed by atoms with Gasteiger partial charge < -0.3 is 24.8 Å². The number of amides is 1. The fourth-order valence-corrected chi connectivity index (χ4v) is 5.00. The van der Waals surface area contributed by atoms with Crippen molar-refractivity contribution in [3.63, 3.8) is 0 Å². The molecule has 0 radical (unpaired) electrons. The van der Waals surface area contributed by atoms with Crippen LogP contribution in [0.25, 0.3) is 11.1 Å². The van der Waals surface area contributed by atoms with Crippen LogP contribution >= 0.6 is 0 Å². The highest BCUT2D eigenvalue weighted by Gasteiger charge is 2.31. The van der Waals surface area contributed by atoms with Crippen molar-refractivity contribution in [2.24, 2.45) is 5.92 Å². The molecule has 0 unspecified atom stereocenters. The highest BCUT2D eigenvalue weighted by Crippen LogP contribution is 2.44. The zero-order valence-electron chi connectivity index (χ0n) is 19.0. The van der Waals surface area contributed by atoms with Crippen molar-refractivity contribution in [2.45, 2.75) is 31.2 Å². The minimum absolute atomic E-state index is 0.0529. The second kappa shape index (κ2) is 10.8. The lowest BCUT2D eigenvalue weighted by Crippen LogP contribution is -2.44. The number of methoxy groups -OCH3 is 1. The number of carbonyl (C=O) groups excluding carboxylic acids is 1. The van der Waals surface area contributed by atoms with E-state index in [0.29, 0.717) is 13.0 Å². The van der Waals surface area contributed by atoms with Crippen molar-refractivity contribution in [2.75, 3.05) is 40.0 Å². The van der Waals surface area contributed by atoms with Crippen molar-refractivity contribution in [1.82, 2.24) is 10.2 Å². The number of carboxylic acid groups (broad SMARTS) is 1. The van der Waals surface area contributed by atoms with Crippen LogP contribution in [-0.4, -0.2) is 68.1 Å². The third-order valence-corrected chi connectivity index (χ3v) is 6.82. The summed E-state index contributed by atoms with van der Waals surface area (Å²) in [6.45, 7) is 3.61. The first-order chi connectivity index (χ1) is 16.1. The minimum Gasteiger partial charge on any atom is -0.480 e. The Balaban J connectivity index is 1.31. The summed E-state index contributed by atoms with van der Waals surface area (Å²) in [5, 5.41) is 12.3. The van der Waals surface area contributed by atoms with Gasteiger partial charge in [0.05, 0.1) is 6.61 Å². The van der Waals surface area contributed by atoms with Crippen LogP contribution < -0.4 is 5.32 Å². The Bertz CT molecular complexity index is 925. The van der Waals surface area contributed by atoms with Gasteiger partial charge in [0.2, 0.25) is 0 Å². The van der Waals surface area contributed by atoms with Crippen LogP contribution in [0.15, 0.2) is 48.5 Å². The SMILES string of the molecule is COCCN1CCC(C[C@H](NC(=O)OCC2c3ccccc3-c3ccccc32)C(=O)O)CC1. The zero-order valence-corrected chi connectivity index (χ0v) is 19.0. The molecule has 33 heavy (non-hydrogen) atoms. The minimum atomic E-state index is -1.02. The van der Waals surface area contributed by atoms with E-state index in [2.05, 4.69) is 34.5 Å². The average Bonchev–Trinajstić information content (AvgIpc) is 3.15. The molecule has 0 spiro atoms. The average molecular weight is 453 g/mol. The molecule has 2 aromatic carbocycles. The largest absolute Gasteiger partial charge is 0.480 e. The summed E-state index contributed by atoms with van der Waals surface area (Å²) >= 11 is 0. The zero-order chi connectivity index (χ0) is 23.2. The second-order valence-electron chi connectivity index (χ2n) is 8.87. The van der Waals surface area contributed by atoms with Crippen LogP contribution in [-0.2, 0) is 14.3 Å². The molecule has 2 aromatic rings. The fraction of sp³-hybridized carbons (Fsp3) is 0.462. The summed E-state index contributed by atoms with van der Waals surface area (Å²) in [5.41, 5.74) is 4.56. The molecule has 1 amide bonds. The van der Waals surface area contributed by atoms with Gasteiger partial charge >= 0.3 is 12.1 Å². The number of likely N-dealkylation sites (tertiary alicyclic amines) is 1. The maximum atomic E-state index is 12.5. The van der Waals surface area contributed by atoms with Crippen molar-refractivity contribution < 1.29 is 24.2 Å². The summed E-state index contributed by atoms with van der Waals surface area (Å²) in [6.07, 6.45) is 1.57. The molecule has 1 aliphatic heterocycles. The predicted octanol–water partition coefficient (Wildman–Crippen LogP) is 3.73. The number of aliphatic carboxylic acids is 1. The van der Waals surface area contributed by atoms with E-state index in [-0.39, 0.29) is 18.4 Å². The summed E-state index contributed by atoms with van der Waals surface area (Å²) in [4.78, 5) is 26.7. The highest BCUT2D eigenvalue weighted by molar-refractivity contribution is 5.81. The molecule has 7 heteroatoms. The van der Waals surface area contributed by atoms with Gasteiger partial charge in [-0.25, -0.2) is 9.59 Å². The smallest absolute Gasteiger partial charge is 0.407 e. The van der Waals surface area contributed by atoms with E-state index >= 15 is 0 Å². The number of hydrogen-bond donors (Lipinski definition) is 2. The van der Waals surface area contributed by atoms with Gasteiger partial charge in [-0.15, -0.1) is 0 Å². The van der Waals surface area contributed by atoms with Crippen LogP contribution in [0.4, 0.5) is 4.79 Å². The number of ether oxygens (including phenoxy) is 2. The molecule has 4 rings (SSSR count). The first-order valence-corrected chi connectivity index (χ1v) is 11.6. The number of fused-ring (bicyclic) bond motifs is 3. The molecule has 1 heterocycles. The number of alkyl carbamates (subject to hydrolysis) is 1. The van der Waals surface area contributed by atoms with Gasteiger partial charge in [0.25, 0.3) is 0 Å². The molecule has 7 nitrogen and oxygen atoms in total. The maximum absolute atomic E-state index is 12.5. The molecule has 1 aliphatic carbocycles. The number of nitrogens with one attached hydrogen (secondary N) is 1. The van der Waals surface area contributed by atoms with Gasteiger partial charge in [-0.3, -0.25) is 0 Å². The van der Waals surface area contributed by atoms with E-state index in [1.807, 2.05) is 24.3 Å². The normalized spacial score (nSPS) is 17.2. The lowest BCUT2D eigenvalue weighted by atomic mass is 9.90. The van der Waals surface area contributed by atoms with Crippen LogP contribution in [0.3, 0.4) is 0 Å². The van der Waals surface area contributed by atoms with Gasteiger partial charge in [-0.05, 0) is 60.5 Å². The Morgan fingerprint density at radius 1 is 1.06 bits per heavy atom. The van der Waals surface area contributed by atoms with Gasteiger partial charge in [0, 0.05) is 19.6 Å². The van der Waals surface area contributed by atoms with Gasteiger partial charge in [-0.1, -0.05) is 48.5 Å². The van der Waals surface area contributed by atoms with Crippen molar-refractivity contribution >= 4 is 12.1 Å². The monoisotopic (exact) mass is 452 g/mol. The molecular weight excluding hydrogens is 420 g/mol. The van der Waals surface area contributed by atoms with Crippen LogP contribution in [0.1, 0.15) is 36.3 Å². The van der Waals surface area contributed by atoms with E-state index in [1.54, 1.807) is 7.11 Å². The Morgan fingerprint density at radius 3 is 2.24 bits per heavy atom. The molecule has 0 saturated carbocycles. The number of carboxylic acids is 1. The van der Waals surface area contributed by atoms with E-state index < -0.39 is 18.1 Å². The molecular formula is C26H32N2O5. The number of rotatable bonds is 9. The van der Waals surface area contributed by atoms with Gasteiger partial charge in [0.15, 0.2) is 0 Å². The molecule has 1 saturated heterocycles. The molecule has 0 aromatic heterocycles. The Hall–Kier alpha value is -2.90. The molecule has 1 fully saturated rings. The summed E-state index contributed by atoms with van der Waals surface area (Å²) in [6, 6.07) is 15.3. The van der Waals surface area contributed by atoms with Gasteiger partial charge in [-0.2, -0.15) is 0 Å². The van der Waals surface area contributed by atoms with Crippen molar-refractivity contribution in [3.8, 4) is 11.1 Å². The fourth-order valence-electron chi connectivity index (χ4n) is 5.00. The van der Waals surface area contributed by atoms with E-state index in [1.165, 1.54) is 0 Å². The highest BCUT2D eigenvalue weighted by atomic mass is 16.5. The molecule has 0 bridgehead atoms. The van der Waals surface area contributed by atoms with Crippen molar-refractivity contribution in [3.05, 3.63) is 59.7 Å². The van der Waals surface area contributed by atoms with Crippen LogP contribution in [0.5, 0.6) is 0 Å². The Morgan fingerprint density at radius 2 is 1.67 bits per heavy atom. The van der Waals surface area contributed by atoms with Gasteiger partial charge in [0.1, 0.15) is 12.6 Å². The first kappa shape index (κ1) is 23.3. The Labute approximate surface area is 194 Å². The third kappa shape index (κ3) is 5.54. The molecule has 1 atom stereocenters. The molecule has 176 valence electrons. The van der Waals surface area contributed by atoms with E-state index in [4.69, 9.17) is 9.47 Å². The van der Waals surface area contributed by atoms with Crippen LogP contribution in [0.2, 0.25) is 0 Å². The number of piperidine rings is 1. The Kier molecular flexibility index (Phi) is 7.62. The number of nitrogens with zero attached hydrogens (tertiary/aromatic N) is 1. The van der Waals surface area contributed by atoms with E-state index in [9.17, 15) is 14.7 Å². The summed E-state index contributed by atoms with van der Waals surface area (Å²) < 4.78 is 10.7. The standard InChI is InChI=1S/C26H32N2O5/c1-32-15-14-28-12-10-18(11-13-28)16-24(25(29)30)27-26(31)33-17-23-21-8-4-2-6-19(21)20-7-3-5-9-22(20)23/h2-9,18,23-24H,10-17H2,1H3,(H,27,31)(H,29,30)/t24-/m0/s1. The summed E-state index contributed by atoms with van der Waals surface area (Å²) in [7, 11) is 1.69. The van der Waals surface area contributed by atoms with Crippen molar-refractivity contribution in [1.29, 1.82) is 0 Å². The summed E-state index contributed by atoms with van der Waals surface area (Å²) in [5.74, 6) is -0.813. The topological polar surface area (TPSA) is 88.1 Å². The molecule has 2 N–H and O–H groups in total. The number of hydrogen-bond acceptors (Lipinski definition) is 5. The third-order valence-electron chi connectivity index (χ3n) is 6.82. The lowest BCUT2D eigenvalue weighted by Gasteiger charge is -2.32. The maximum Gasteiger partial charge on any atom is 0.407 e. The van der Waals surface area contributed by atoms with Crippen LogP contribution in [0, 0.1) is 5.92 Å². The first-order valence-electron chi connectivity index (χ1n) is 11.6. The lowest BCUT2D eigenvalue weighted by molar-refractivity contribution is -0.140. The predicted molar refractivity (Wildman–Crippen MR) is 125 cm³/mol. The second-order valence-corrected chi connectivity index (χ2v) is 8.87. The number of carbonyl (C=O) groups is 2.